The molecule has 2 rings (SSSR count). The number of anilines is 1. The van der Waals surface area contributed by atoms with E-state index in [1.54, 1.807) is 6.26 Å². The molecule has 0 saturated heterocycles. The molecule has 0 aliphatic carbocycles. The Morgan fingerprint density at radius 2 is 2.06 bits per heavy atom. The van der Waals surface area contributed by atoms with Crippen LogP contribution < -0.4 is 5.32 Å². The Morgan fingerprint density at radius 1 is 1.25 bits per heavy atom. The van der Waals surface area contributed by atoms with Crippen LogP contribution in [0.25, 0.3) is 0 Å². The first kappa shape index (κ1) is 11.3. The van der Waals surface area contributed by atoms with Gasteiger partial charge in [-0.05, 0) is 49.2 Å². The molecule has 1 aromatic heterocycles. The van der Waals surface area contributed by atoms with Gasteiger partial charge in [0.2, 0.25) is 0 Å². The summed E-state index contributed by atoms with van der Waals surface area (Å²) in [5.74, 6) is 0.984. The van der Waals surface area contributed by atoms with E-state index >= 15 is 0 Å². The molecule has 0 fully saturated rings. The molecule has 0 saturated carbocycles. The van der Waals surface area contributed by atoms with Crippen molar-refractivity contribution in [2.24, 2.45) is 0 Å². The molecule has 16 heavy (non-hydrogen) atoms. The summed E-state index contributed by atoms with van der Waals surface area (Å²) < 4.78 is 6.46. The first-order valence-electron chi connectivity index (χ1n) is 5.19. The Hall–Kier alpha value is -1.22. The largest absolute Gasteiger partial charge is 0.467 e. The van der Waals surface area contributed by atoms with E-state index in [2.05, 4.69) is 46.4 Å². The molecular weight excluding hydrogens is 266 g/mol. The molecular formula is C13H14BrNO. The third-order valence-electron chi connectivity index (χ3n) is 2.46. The standard InChI is InChI=1S/C13H14BrNO/c1-9-5-11(14)7-12(6-9)15-8-13-10(2)3-4-16-13/h3-7,15H,8H2,1-2H3. The molecule has 0 spiro atoms. The fourth-order valence-electron chi connectivity index (χ4n) is 1.61. The molecule has 1 N–H and O–H groups in total. The fraction of sp³-hybridized carbons (Fsp3) is 0.231. The normalized spacial score (nSPS) is 10.4. The summed E-state index contributed by atoms with van der Waals surface area (Å²) in [7, 11) is 0. The van der Waals surface area contributed by atoms with Crippen LogP contribution in [0.2, 0.25) is 0 Å². The monoisotopic (exact) mass is 279 g/mol. The van der Waals surface area contributed by atoms with E-state index in [0.717, 1.165) is 15.9 Å². The molecule has 84 valence electrons. The van der Waals surface area contributed by atoms with Crippen LogP contribution in [0.15, 0.2) is 39.4 Å². The Bertz CT molecular complexity index is 470. The maximum atomic E-state index is 5.37. The zero-order valence-electron chi connectivity index (χ0n) is 9.38. The first-order chi connectivity index (χ1) is 7.65. The summed E-state index contributed by atoms with van der Waals surface area (Å²) in [6, 6.07) is 8.24. The van der Waals surface area contributed by atoms with E-state index in [-0.39, 0.29) is 0 Å². The van der Waals surface area contributed by atoms with Gasteiger partial charge in [-0.15, -0.1) is 0 Å². The minimum Gasteiger partial charge on any atom is -0.467 e. The van der Waals surface area contributed by atoms with Crippen molar-refractivity contribution >= 4 is 21.6 Å². The number of aryl methyl sites for hydroxylation is 2. The fourth-order valence-corrected chi connectivity index (χ4v) is 2.21. The van der Waals surface area contributed by atoms with Gasteiger partial charge in [-0.1, -0.05) is 15.9 Å². The maximum Gasteiger partial charge on any atom is 0.125 e. The van der Waals surface area contributed by atoms with Gasteiger partial charge < -0.3 is 9.73 Å². The lowest BCUT2D eigenvalue weighted by Crippen LogP contribution is -1.99. The van der Waals surface area contributed by atoms with Crippen molar-refractivity contribution in [3.63, 3.8) is 0 Å². The highest BCUT2D eigenvalue weighted by Crippen LogP contribution is 2.20. The van der Waals surface area contributed by atoms with Crippen LogP contribution in [-0.2, 0) is 6.54 Å². The molecule has 0 aliphatic heterocycles. The van der Waals surface area contributed by atoms with Gasteiger partial charge in [0.05, 0.1) is 12.8 Å². The van der Waals surface area contributed by atoms with E-state index in [0.29, 0.717) is 6.54 Å². The zero-order valence-corrected chi connectivity index (χ0v) is 11.0. The number of hydrogen-bond donors (Lipinski definition) is 1. The van der Waals surface area contributed by atoms with Crippen LogP contribution in [0.4, 0.5) is 5.69 Å². The molecule has 3 heteroatoms. The van der Waals surface area contributed by atoms with Gasteiger partial charge in [0, 0.05) is 10.2 Å². The van der Waals surface area contributed by atoms with Crippen molar-refractivity contribution in [3.8, 4) is 0 Å². The first-order valence-corrected chi connectivity index (χ1v) is 5.98. The highest BCUT2D eigenvalue weighted by atomic mass is 79.9. The second-order valence-electron chi connectivity index (χ2n) is 3.90. The van der Waals surface area contributed by atoms with Crippen molar-refractivity contribution in [3.05, 3.63) is 51.9 Å². The molecule has 1 heterocycles. The maximum absolute atomic E-state index is 5.37. The molecule has 0 radical (unpaired) electrons. The third-order valence-corrected chi connectivity index (χ3v) is 2.92. The summed E-state index contributed by atoms with van der Waals surface area (Å²) in [4.78, 5) is 0. The highest BCUT2D eigenvalue weighted by Gasteiger charge is 2.02. The lowest BCUT2D eigenvalue weighted by molar-refractivity contribution is 0.515. The smallest absolute Gasteiger partial charge is 0.125 e. The van der Waals surface area contributed by atoms with Crippen molar-refractivity contribution in [1.29, 1.82) is 0 Å². The Kier molecular flexibility index (Phi) is 3.34. The lowest BCUT2D eigenvalue weighted by atomic mass is 10.2. The van der Waals surface area contributed by atoms with E-state index in [4.69, 9.17) is 4.42 Å². The van der Waals surface area contributed by atoms with Crippen LogP contribution in [0.5, 0.6) is 0 Å². The Morgan fingerprint density at radius 3 is 2.69 bits per heavy atom. The van der Waals surface area contributed by atoms with Gasteiger partial charge in [0.1, 0.15) is 5.76 Å². The molecule has 2 nitrogen and oxygen atoms in total. The molecule has 2 aromatic rings. The van der Waals surface area contributed by atoms with Crippen LogP contribution in [0.3, 0.4) is 0 Å². The zero-order chi connectivity index (χ0) is 11.5. The average Bonchev–Trinajstić information content (AvgIpc) is 2.59. The molecule has 0 atom stereocenters. The van der Waals surface area contributed by atoms with Crippen LogP contribution >= 0.6 is 15.9 Å². The molecule has 1 aromatic carbocycles. The van der Waals surface area contributed by atoms with Crippen LogP contribution in [0, 0.1) is 13.8 Å². The second-order valence-corrected chi connectivity index (χ2v) is 4.81. The van der Waals surface area contributed by atoms with Crippen LogP contribution in [-0.4, -0.2) is 0 Å². The average molecular weight is 280 g/mol. The summed E-state index contributed by atoms with van der Waals surface area (Å²) in [5, 5.41) is 3.35. The molecule has 0 aliphatic rings. The summed E-state index contributed by atoms with van der Waals surface area (Å²) in [6.07, 6.45) is 1.72. The summed E-state index contributed by atoms with van der Waals surface area (Å²) in [5.41, 5.74) is 3.51. The molecule has 0 bridgehead atoms. The van der Waals surface area contributed by atoms with Crippen molar-refractivity contribution in [2.45, 2.75) is 20.4 Å². The summed E-state index contributed by atoms with van der Waals surface area (Å²) >= 11 is 3.48. The van der Waals surface area contributed by atoms with Gasteiger partial charge in [0.25, 0.3) is 0 Å². The molecule has 0 amide bonds. The number of rotatable bonds is 3. The van der Waals surface area contributed by atoms with E-state index < -0.39 is 0 Å². The van der Waals surface area contributed by atoms with E-state index in [1.807, 2.05) is 13.0 Å². The number of hydrogen-bond acceptors (Lipinski definition) is 2. The van der Waals surface area contributed by atoms with Crippen molar-refractivity contribution in [1.82, 2.24) is 0 Å². The predicted octanol–water partition coefficient (Wildman–Crippen LogP) is 4.27. The minimum absolute atomic E-state index is 0.717. The van der Waals surface area contributed by atoms with Crippen molar-refractivity contribution < 1.29 is 4.42 Å². The predicted molar refractivity (Wildman–Crippen MR) is 69.7 cm³/mol. The third kappa shape index (κ3) is 2.67. The van der Waals surface area contributed by atoms with Gasteiger partial charge >= 0.3 is 0 Å². The number of nitrogens with one attached hydrogen (secondary N) is 1. The SMILES string of the molecule is Cc1cc(Br)cc(NCc2occc2C)c1. The van der Waals surface area contributed by atoms with Crippen LogP contribution in [0.1, 0.15) is 16.9 Å². The Labute approximate surface area is 104 Å². The molecule has 0 unspecified atom stereocenters. The highest BCUT2D eigenvalue weighted by molar-refractivity contribution is 9.10. The van der Waals surface area contributed by atoms with Gasteiger partial charge in [-0.2, -0.15) is 0 Å². The Balaban J connectivity index is 2.07. The number of halogens is 1. The quantitative estimate of drug-likeness (QED) is 0.908. The van der Waals surface area contributed by atoms with Crippen molar-refractivity contribution in [2.75, 3.05) is 5.32 Å². The second kappa shape index (κ2) is 4.74. The number of benzene rings is 1. The van der Waals surface area contributed by atoms with Gasteiger partial charge in [-0.25, -0.2) is 0 Å². The summed E-state index contributed by atoms with van der Waals surface area (Å²) in [6.45, 7) is 4.84. The van der Waals surface area contributed by atoms with Gasteiger partial charge in [0.15, 0.2) is 0 Å². The number of furan rings is 1. The lowest BCUT2D eigenvalue weighted by Gasteiger charge is -2.07. The topological polar surface area (TPSA) is 25.2 Å². The van der Waals surface area contributed by atoms with E-state index in [1.165, 1.54) is 11.1 Å². The van der Waals surface area contributed by atoms with Gasteiger partial charge in [-0.3, -0.25) is 0 Å². The minimum atomic E-state index is 0.717. The van der Waals surface area contributed by atoms with E-state index in [9.17, 15) is 0 Å².